The number of nitro groups is 1. The van der Waals surface area contributed by atoms with Crippen LogP contribution in [0.1, 0.15) is 31.3 Å². The number of fused-ring (bicyclic) bond motifs is 1. The van der Waals surface area contributed by atoms with Gasteiger partial charge in [0, 0.05) is 35.4 Å². The van der Waals surface area contributed by atoms with Gasteiger partial charge in [0.25, 0.3) is 17.5 Å². The zero-order chi connectivity index (χ0) is 24.6. The van der Waals surface area contributed by atoms with Crippen molar-refractivity contribution in [2.24, 2.45) is 0 Å². The third-order valence-corrected chi connectivity index (χ3v) is 6.66. The van der Waals surface area contributed by atoms with Crippen molar-refractivity contribution in [3.05, 3.63) is 91.4 Å². The maximum atomic E-state index is 13.5. The van der Waals surface area contributed by atoms with E-state index in [9.17, 15) is 19.7 Å². The molecule has 8 nitrogen and oxygen atoms in total. The van der Waals surface area contributed by atoms with E-state index < -0.39 is 10.8 Å². The number of nitrogens with one attached hydrogen (secondary N) is 1. The number of amides is 2. The van der Waals surface area contributed by atoms with Gasteiger partial charge in [-0.25, -0.2) is 4.98 Å². The molecule has 2 aromatic heterocycles. The summed E-state index contributed by atoms with van der Waals surface area (Å²) in [5.74, 6) is -0.917. The van der Waals surface area contributed by atoms with Crippen LogP contribution in [-0.4, -0.2) is 28.8 Å². The Balaban J connectivity index is 1.81. The van der Waals surface area contributed by atoms with Gasteiger partial charge in [-0.15, -0.1) is 11.3 Å². The molecule has 0 aliphatic carbocycles. The van der Waals surface area contributed by atoms with Crippen LogP contribution in [0.2, 0.25) is 5.02 Å². The lowest BCUT2D eigenvalue weighted by molar-refractivity contribution is -0.384. The number of aryl methyl sites for hydroxylation is 2. The smallest absolute Gasteiger partial charge is 0.288 e. The molecule has 0 saturated carbocycles. The molecule has 0 atom stereocenters. The Morgan fingerprint density at radius 3 is 2.50 bits per heavy atom. The van der Waals surface area contributed by atoms with Crippen molar-refractivity contribution in [1.82, 2.24) is 4.98 Å². The van der Waals surface area contributed by atoms with E-state index in [1.165, 1.54) is 28.4 Å². The predicted molar refractivity (Wildman–Crippen MR) is 134 cm³/mol. The minimum Gasteiger partial charge on any atom is -0.320 e. The van der Waals surface area contributed by atoms with Crippen LogP contribution in [-0.2, 0) is 0 Å². The first-order valence-electron chi connectivity index (χ1n) is 10.2. The number of aromatic nitrogens is 1. The predicted octanol–water partition coefficient (Wildman–Crippen LogP) is 6.00. The van der Waals surface area contributed by atoms with Crippen LogP contribution in [0.15, 0.2) is 54.6 Å². The molecular weight excluding hydrogens is 476 g/mol. The topological polar surface area (TPSA) is 105 Å². The van der Waals surface area contributed by atoms with Gasteiger partial charge in [-0.2, -0.15) is 0 Å². The van der Waals surface area contributed by atoms with Gasteiger partial charge in [0.2, 0.25) is 0 Å². The second kappa shape index (κ2) is 9.20. The molecule has 0 unspecified atom stereocenters. The van der Waals surface area contributed by atoms with Crippen LogP contribution >= 0.6 is 22.9 Å². The Morgan fingerprint density at radius 2 is 1.82 bits per heavy atom. The first-order valence-corrected chi connectivity index (χ1v) is 11.4. The summed E-state index contributed by atoms with van der Waals surface area (Å²) in [5, 5.41) is 14.6. The fourth-order valence-electron chi connectivity index (χ4n) is 3.61. The second-order valence-electron chi connectivity index (χ2n) is 7.64. The molecule has 0 spiro atoms. The zero-order valence-corrected chi connectivity index (χ0v) is 20.0. The summed E-state index contributed by atoms with van der Waals surface area (Å²) in [6.07, 6.45) is 0. The number of para-hydroxylation sites is 1. The number of nitro benzene ring substituents is 1. The third-order valence-electron chi connectivity index (χ3n) is 5.27. The fourth-order valence-corrected chi connectivity index (χ4v) is 5.03. The van der Waals surface area contributed by atoms with Crippen LogP contribution in [0.25, 0.3) is 10.2 Å². The lowest BCUT2D eigenvalue weighted by atomic mass is 10.1. The largest absolute Gasteiger partial charge is 0.320 e. The number of anilines is 2. The van der Waals surface area contributed by atoms with E-state index in [1.807, 2.05) is 50.2 Å². The Hall–Kier alpha value is -3.82. The maximum Gasteiger partial charge on any atom is 0.288 e. The van der Waals surface area contributed by atoms with E-state index in [2.05, 4.69) is 10.3 Å². The number of pyridine rings is 1. The number of hydrogen-bond donors (Lipinski definition) is 1. The molecule has 0 bridgehead atoms. The molecule has 1 N–H and O–H groups in total. The molecule has 0 radical (unpaired) electrons. The Morgan fingerprint density at radius 1 is 1.12 bits per heavy atom. The third kappa shape index (κ3) is 4.35. The molecule has 4 rings (SSSR count). The number of carbonyl (C=O) groups is 2. The van der Waals surface area contributed by atoms with E-state index in [4.69, 9.17) is 11.6 Å². The molecule has 0 aliphatic rings. The van der Waals surface area contributed by atoms with Crippen molar-refractivity contribution in [3.8, 4) is 0 Å². The lowest BCUT2D eigenvalue weighted by Gasteiger charge is -2.17. The van der Waals surface area contributed by atoms with Crippen LogP contribution in [0.4, 0.5) is 17.1 Å². The Kier molecular flexibility index (Phi) is 6.32. The van der Waals surface area contributed by atoms with Crippen molar-refractivity contribution in [2.75, 3.05) is 17.3 Å². The number of benzene rings is 2. The average Bonchev–Trinajstić information content (AvgIpc) is 3.16. The molecule has 0 aliphatic heterocycles. The highest BCUT2D eigenvalue weighted by molar-refractivity contribution is 7.21. The van der Waals surface area contributed by atoms with Crippen molar-refractivity contribution < 1.29 is 14.5 Å². The molecule has 172 valence electrons. The Bertz CT molecular complexity index is 1450. The first kappa shape index (κ1) is 23.3. The first-order chi connectivity index (χ1) is 16.2. The molecular formula is C24H19ClN4O4S. The highest BCUT2D eigenvalue weighted by Gasteiger charge is 2.26. The molecule has 0 fully saturated rings. The van der Waals surface area contributed by atoms with Crippen molar-refractivity contribution in [2.45, 2.75) is 13.8 Å². The highest BCUT2D eigenvalue weighted by atomic mass is 35.5. The summed E-state index contributed by atoms with van der Waals surface area (Å²) in [7, 11) is 1.65. The molecule has 10 heteroatoms. The summed E-state index contributed by atoms with van der Waals surface area (Å²) >= 11 is 7.07. The van der Waals surface area contributed by atoms with Crippen LogP contribution in [0.5, 0.6) is 0 Å². The number of nitrogens with zero attached hydrogens (tertiary/aromatic N) is 3. The minimum absolute atomic E-state index is 0.0444. The van der Waals surface area contributed by atoms with Crippen LogP contribution in [0, 0.1) is 24.0 Å². The number of carbonyl (C=O) groups excluding carboxylic acids is 2. The van der Waals surface area contributed by atoms with Gasteiger partial charge in [-0.1, -0.05) is 29.8 Å². The second-order valence-corrected chi connectivity index (χ2v) is 9.05. The van der Waals surface area contributed by atoms with E-state index in [0.717, 1.165) is 17.3 Å². The number of hydrogen-bond acceptors (Lipinski definition) is 6. The van der Waals surface area contributed by atoms with Gasteiger partial charge in [-0.05, 0) is 49.7 Å². The summed E-state index contributed by atoms with van der Waals surface area (Å²) in [6, 6.07) is 14.8. The minimum atomic E-state index is -0.653. The van der Waals surface area contributed by atoms with E-state index in [0.29, 0.717) is 26.5 Å². The van der Waals surface area contributed by atoms with E-state index in [1.54, 1.807) is 7.05 Å². The molecule has 4 aromatic rings. The molecule has 34 heavy (non-hydrogen) atoms. The van der Waals surface area contributed by atoms with Gasteiger partial charge < -0.3 is 10.2 Å². The van der Waals surface area contributed by atoms with Crippen LogP contribution < -0.4 is 10.2 Å². The number of rotatable bonds is 5. The average molecular weight is 495 g/mol. The van der Waals surface area contributed by atoms with E-state index in [-0.39, 0.29) is 22.2 Å². The number of halogens is 1. The summed E-state index contributed by atoms with van der Waals surface area (Å²) in [5.41, 5.74) is 2.31. The lowest BCUT2D eigenvalue weighted by Crippen LogP contribution is -2.26. The zero-order valence-electron chi connectivity index (χ0n) is 18.5. The molecule has 2 heterocycles. The van der Waals surface area contributed by atoms with Gasteiger partial charge in [0.05, 0.1) is 10.6 Å². The summed E-state index contributed by atoms with van der Waals surface area (Å²) in [4.78, 5) is 44.2. The maximum absolute atomic E-state index is 13.5. The van der Waals surface area contributed by atoms with Gasteiger partial charge in [0.15, 0.2) is 0 Å². The van der Waals surface area contributed by atoms with Crippen LogP contribution in [0.3, 0.4) is 0 Å². The van der Waals surface area contributed by atoms with Gasteiger partial charge in [-0.3, -0.25) is 19.7 Å². The quantitative estimate of drug-likeness (QED) is 0.270. The van der Waals surface area contributed by atoms with E-state index >= 15 is 0 Å². The van der Waals surface area contributed by atoms with Crippen molar-refractivity contribution in [3.63, 3.8) is 0 Å². The molecule has 2 aromatic carbocycles. The fraction of sp³-hybridized carbons (Fsp3) is 0.125. The molecule has 0 saturated heterocycles. The standard InChI is InChI=1S/C24H19ClN4O4S/c1-13-11-14(2)26-23-19(13)20(21(34-23)24(31)28(3)16-7-5-4-6-8-16)27-22(30)15-9-10-17(25)18(12-15)29(32)33/h4-12H,1-3H3,(H,27,30). The Labute approximate surface area is 204 Å². The SMILES string of the molecule is Cc1cc(C)c2c(NC(=O)c3ccc(Cl)c([N+](=O)[O-])c3)c(C(=O)N(C)c3ccccc3)sc2n1. The summed E-state index contributed by atoms with van der Waals surface area (Å²) in [6.45, 7) is 3.73. The van der Waals surface area contributed by atoms with Crippen molar-refractivity contribution in [1.29, 1.82) is 0 Å². The monoisotopic (exact) mass is 494 g/mol. The van der Waals surface area contributed by atoms with Gasteiger partial charge in [0.1, 0.15) is 14.7 Å². The normalized spacial score (nSPS) is 10.8. The van der Waals surface area contributed by atoms with Crippen molar-refractivity contribution >= 4 is 62.0 Å². The number of thiophene rings is 1. The molecule has 2 amide bonds. The van der Waals surface area contributed by atoms with Gasteiger partial charge >= 0.3 is 0 Å². The summed E-state index contributed by atoms with van der Waals surface area (Å²) < 4.78 is 0. The highest BCUT2D eigenvalue weighted by Crippen LogP contribution is 2.39.